The molecule has 2 amide bonds. The molecule has 34 heavy (non-hydrogen) atoms. The van der Waals surface area contributed by atoms with Crippen molar-refractivity contribution < 1.29 is 14.3 Å². The molecule has 1 atom stereocenters. The highest BCUT2D eigenvalue weighted by Gasteiger charge is 2.31. The zero-order chi connectivity index (χ0) is 24.5. The predicted octanol–water partition coefficient (Wildman–Crippen LogP) is 5.30. The summed E-state index contributed by atoms with van der Waals surface area (Å²) in [7, 11) is 0. The Bertz CT molecular complexity index is 1080. The lowest BCUT2D eigenvalue weighted by atomic mass is 10.0. The Morgan fingerprint density at radius 2 is 1.59 bits per heavy atom. The molecular weight excluding hydrogens is 492 g/mol. The topological polar surface area (TPSA) is 58.6 Å². The molecule has 0 unspecified atom stereocenters. The number of carbonyl (C=O) groups is 2. The molecule has 3 aromatic carbocycles. The molecule has 0 aliphatic rings. The fourth-order valence-corrected chi connectivity index (χ4v) is 3.93. The monoisotopic (exact) mass is 522 g/mol. The van der Waals surface area contributed by atoms with Crippen molar-refractivity contribution >= 4 is 27.7 Å². The lowest BCUT2D eigenvalue weighted by molar-refractivity contribution is -0.143. The molecule has 178 valence electrons. The van der Waals surface area contributed by atoms with Gasteiger partial charge in [0.05, 0.1) is 0 Å². The van der Waals surface area contributed by atoms with Crippen molar-refractivity contribution in [3.63, 3.8) is 0 Å². The Balaban J connectivity index is 1.91. The van der Waals surface area contributed by atoms with E-state index < -0.39 is 6.04 Å². The van der Waals surface area contributed by atoms with E-state index in [1.54, 1.807) is 17.0 Å². The molecule has 6 heteroatoms. The van der Waals surface area contributed by atoms with Crippen LogP contribution < -0.4 is 10.1 Å². The molecule has 0 radical (unpaired) electrons. The van der Waals surface area contributed by atoms with Crippen LogP contribution in [0.5, 0.6) is 5.75 Å². The van der Waals surface area contributed by atoms with Crippen LogP contribution in [0.15, 0.2) is 83.3 Å². The van der Waals surface area contributed by atoms with Crippen molar-refractivity contribution in [3.05, 3.63) is 100 Å². The molecule has 0 bridgehead atoms. The predicted molar refractivity (Wildman–Crippen MR) is 139 cm³/mol. The average molecular weight is 523 g/mol. The van der Waals surface area contributed by atoms with Crippen LogP contribution in [-0.4, -0.2) is 35.4 Å². The van der Waals surface area contributed by atoms with Crippen LogP contribution in [0.3, 0.4) is 0 Å². The molecule has 0 aliphatic carbocycles. The van der Waals surface area contributed by atoms with Crippen LogP contribution in [0.25, 0.3) is 0 Å². The second kappa shape index (κ2) is 12.4. The van der Waals surface area contributed by atoms with Crippen LogP contribution in [0.1, 0.15) is 30.5 Å². The summed E-state index contributed by atoms with van der Waals surface area (Å²) < 4.78 is 6.72. The zero-order valence-corrected chi connectivity index (χ0v) is 21.4. The highest BCUT2D eigenvalue weighted by Crippen LogP contribution is 2.19. The second-order valence-corrected chi connectivity index (χ2v) is 9.48. The van der Waals surface area contributed by atoms with Crippen molar-refractivity contribution in [2.75, 3.05) is 6.61 Å². The van der Waals surface area contributed by atoms with Crippen molar-refractivity contribution in [1.82, 2.24) is 10.2 Å². The number of nitrogens with one attached hydrogen (secondary N) is 1. The van der Waals surface area contributed by atoms with Gasteiger partial charge < -0.3 is 15.0 Å². The molecule has 0 aliphatic heterocycles. The Kier molecular flexibility index (Phi) is 9.28. The first-order valence-electron chi connectivity index (χ1n) is 11.4. The van der Waals surface area contributed by atoms with Gasteiger partial charge in [-0.25, -0.2) is 0 Å². The highest BCUT2D eigenvalue weighted by molar-refractivity contribution is 9.10. The minimum Gasteiger partial charge on any atom is -0.484 e. The summed E-state index contributed by atoms with van der Waals surface area (Å²) in [6, 6.07) is 24.3. The maximum atomic E-state index is 13.5. The Labute approximate surface area is 210 Å². The van der Waals surface area contributed by atoms with Crippen LogP contribution in [0.2, 0.25) is 0 Å². The molecule has 1 N–H and O–H groups in total. The normalized spacial score (nSPS) is 11.7. The summed E-state index contributed by atoms with van der Waals surface area (Å²) in [6.07, 6.45) is 0.412. The van der Waals surface area contributed by atoms with E-state index in [-0.39, 0.29) is 24.5 Å². The fraction of sp³-hybridized carbons (Fsp3) is 0.286. The summed E-state index contributed by atoms with van der Waals surface area (Å²) >= 11 is 3.40. The van der Waals surface area contributed by atoms with Crippen molar-refractivity contribution in [3.8, 4) is 5.75 Å². The first-order valence-corrected chi connectivity index (χ1v) is 12.2. The molecule has 0 saturated carbocycles. The number of amides is 2. The first kappa shape index (κ1) is 25.5. The minimum atomic E-state index is -0.676. The highest BCUT2D eigenvalue weighted by atomic mass is 79.9. The van der Waals surface area contributed by atoms with E-state index in [1.807, 2.05) is 87.5 Å². The number of carbonyl (C=O) groups excluding carboxylic acids is 2. The van der Waals surface area contributed by atoms with Crippen LogP contribution in [0.4, 0.5) is 0 Å². The fourth-order valence-electron chi connectivity index (χ4n) is 3.66. The van der Waals surface area contributed by atoms with E-state index in [0.717, 1.165) is 21.2 Å². The standard InChI is InChI=1S/C28H31BrN2O3/c1-20(2)30-28(33)26(17-22-10-5-4-6-11-22)31(18-23-12-8-7-9-21(23)3)27(32)19-34-25-15-13-24(29)14-16-25/h4-16,20,26H,17-19H2,1-3H3,(H,30,33)/t26-/m0/s1. The van der Waals surface area contributed by atoms with Crippen molar-refractivity contribution in [2.45, 2.75) is 45.8 Å². The Hall–Kier alpha value is -3.12. The van der Waals surface area contributed by atoms with Gasteiger partial charge in [0.1, 0.15) is 11.8 Å². The van der Waals surface area contributed by atoms with Crippen molar-refractivity contribution in [2.24, 2.45) is 0 Å². The zero-order valence-electron chi connectivity index (χ0n) is 19.8. The Morgan fingerprint density at radius 1 is 0.941 bits per heavy atom. The van der Waals surface area contributed by atoms with Crippen LogP contribution in [-0.2, 0) is 22.6 Å². The molecule has 0 heterocycles. The molecule has 0 aromatic heterocycles. The first-order chi connectivity index (χ1) is 16.3. The number of benzene rings is 3. The van der Waals surface area contributed by atoms with Crippen LogP contribution >= 0.6 is 15.9 Å². The van der Waals surface area contributed by atoms with Gasteiger partial charge in [-0.2, -0.15) is 0 Å². The lowest BCUT2D eigenvalue weighted by Crippen LogP contribution is -2.52. The van der Waals surface area contributed by atoms with E-state index in [4.69, 9.17) is 4.74 Å². The van der Waals surface area contributed by atoms with E-state index in [1.165, 1.54) is 0 Å². The van der Waals surface area contributed by atoms with Crippen molar-refractivity contribution in [1.29, 1.82) is 0 Å². The number of nitrogens with zero attached hydrogens (tertiary/aromatic N) is 1. The maximum absolute atomic E-state index is 13.5. The smallest absolute Gasteiger partial charge is 0.261 e. The maximum Gasteiger partial charge on any atom is 0.261 e. The number of hydrogen-bond acceptors (Lipinski definition) is 3. The van der Waals surface area contributed by atoms with Gasteiger partial charge in [0.25, 0.3) is 5.91 Å². The summed E-state index contributed by atoms with van der Waals surface area (Å²) in [6.45, 7) is 6.01. The van der Waals surface area contributed by atoms with Gasteiger partial charge in [0, 0.05) is 23.5 Å². The molecule has 3 aromatic rings. The number of aryl methyl sites for hydroxylation is 1. The van der Waals surface area contributed by atoms with Gasteiger partial charge in [0.2, 0.25) is 5.91 Å². The molecule has 3 rings (SSSR count). The molecule has 0 spiro atoms. The quantitative estimate of drug-likeness (QED) is 0.393. The molecule has 0 saturated heterocycles. The third-order valence-corrected chi connectivity index (χ3v) is 6.01. The third-order valence-electron chi connectivity index (χ3n) is 5.48. The van der Waals surface area contributed by atoms with Gasteiger partial charge in [-0.1, -0.05) is 70.5 Å². The number of rotatable bonds is 10. The van der Waals surface area contributed by atoms with E-state index in [9.17, 15) is 9.59 Å². The van der Waals surface area contributed by atoms with E-state index in [0.29, 0.717) is 18.7 Å². The largest absolute Gasteiger partial charge is 0.484 e. The number of halogens is 1. The molecule has 0 fully saturated rings. The van der Waals surface area contributed by atoms with Gasteiger partial charge in [-0.3, -0.25) is 9.59 Å². The molecule has 5 nitrogen and oxygen atoms in total. The van der Waals surface area contributed by atoms with Gasteiger partial charge in [-0.05, 0) is 61.7 Å². The lowest BCUT2D eigenvalue weighted by Gasteiger charge is -2.32. The van der Waals surface area contributed by atoms with E-state index >= 15 is 0 Å². The third kappa shape index (κ3) is 7.45. The second-order valence-electron chi connectivity index (χ2n) is 8.56. The average Bonchev–Trinajstić information content (AvgIpc) is 2.82. The number of ether oxygens (including phenoxy) is 1. The minimum absolute atomic E-state index is 0.0415. The summed E-state index contributed by atoms with van der Waals surface area (Å²) in [5.74, 6) is 0.175. The molecular formula is C28H31BrN2O3. The summed E-state index contributed by atoms with van der Waals surface area (Å²) in [5.41, 5.74) is 3.05. The SMILES string of the molecule is Cc1ccccc1CN(C(=O)COc1ccc(Br)cc1)[C@@H](Cc1ccccc1)C(=O)NC(C)C. The summed E-state index contributed by atoms with van der Waals surface area (Å²) in [4.78, 5) is 28.5. The number of hydrogen-bond donors (Lipinski definition) is 1. The van der Waals surface area contributed by atoms with Gasteiger partial charge in [-0.15, -0.1) is 0 Å². The Morgan fingerprint density at radius 3 is 2.24 bits per heavy atom. The van der Waals surface area contributed by atoms with Gasteiger partial charge in [0.15, 0.2) is 6.61 Å². The van der Waals surface area contributed by atoms with Crippen LogP contribution in [0, 0.1) is 6.92 Å². The van der Waals surface area contributed by atoms with E-state index in [2.05, 4.69) is 21.2 Å². The summed E-state index contributed by atoms with van der Waals surface area (Å²) in [5, 5.41) is 3.00. The van der Waals surface area contributed by atoms with Gasteiger partial charge >= 0.3 is 0 Å².